The minimum atomic E-state index is -2.64. The highest BCUT2D eigenvalue weighted by atomic mass is 79.9. The van der Waals surface area contributed by atoms with Gasteiger partial charge in [-0.25, -0.2) is 13.8 Å². The Kier molecular flexibility index (Phi) is 3.88. The highest BCUT2D eigenvalue weighted by Gasteiger charge is 2.16. The molecule has 1 nitrogen and oxygen atoms in total. The molecule has 6 heteroatoms. The van der Waals surface area contributed by atoms with Crippen LogP contribution in [0.5, 0.6) is 0 Å². The van der Waals surface area contributed by atoms with Crippen molar-refractivity contribution in [1.29, 1.82) is 0 Å². The second-order valence-corrected chi connectivity index (χ2v) is 3.67. The Labute approximate surface area is 92.2 Å². The van der Waals surface area contributed by atoms with Crippen molar-refractivity contribution in [2.45, 2.75) is 12.3 Å². The van der Waals surface area contributed by atoms with Gasteiger partial charge in [0.05, 0.1) is 5.02 Å². The second kappa shape index (κ2) is 4.53. The summed E-state index contributed by atoms with van der Waals surface area (Å²) in [7, 11) is 0. The predicted octanol–water partition coefficient (Wildman–Crippen LogP) is 4.17. The summed E-state index contributed by atoms with van der Waals surface area (Å²) < 4.78 is 24.9. The van der Waals surface area contributed by atoms with E-state index in [0.717, 1.165) is 0 Å². The predicted molar refractivity (Wildman–Crippen MR) is 51.5 cm³/mol. The molecular formula is C7H4BrCl2F2N. The molecule has 0 saturated heterocycles. The zero-order valence-electron chi connectivity index (χ0n) is 6.20. The van der Waals surface area contributed by atoms with E-state index in [9.17, 15) is 8.78 Å². The SMILES string of the molecule is FC(F)c1nc(Br)c(Cl)cc1CCl. The highest BCUT2D eigenvalue weighted by molar-refractivity contribution is 9.10. The normalized spacial score (nSPS) is 10.9. The van der Waals surface area contributed by atoms with Crippen LogP contribution < -0.4 is 0 Å². The standard InChI is InChI=1S/C7H4BrCl2F2N/c8-6-4(10)1-3(2-9)5(13-6)7(11)12/h1,7H,2H2. The van der Waals surface area contributed by atoms with Gasteiger partial charge in [-0.3, -0.25) is 0 Å². The molecule has 0 unspecified atom stereocenters. The smallest absolute Gasteiger partial charge is 0.238 e. The van der Waals surface area contributed by atoms with E-state index in [1.165, 1.54) is 6.07 Å². The van der Waals surface area contributed by atoms with Gasteiger partial charge in [-0.1, -0.05) is 11.6 Å². The van der Waals surface area contributed by atoms with E-state index in [0.29, 0.717) is 0 Å². The van der Waals surface area contributed by atoms with Crippen LogP contribution in [0.15, 0.2) is 10.7 Å². The Balaban J connectivity index is 3.25. The molecule has 0 aliphatic carbocycles. The van der Waals surface area contributed by atoms with Crippen LogP contribution in [0.1, 0.15) is 17.7 Å². The van der Waals surface area contributed by atoms with Gasteiger partial charge in [0.25, 0.3) is 6.43 Å². The fraction of sp³-hybridized carbons (Fsp3) is 0.286. The van der Waals surface area contributed by atoms with Crippen LogP contribution in [0.25, 0.3) is 0 Å². The number of aromatic nitrogens is 1. The lowest BCUT2D eigenvalue weighted by Gasteiger charge is -2.06. The Morgan fingerprint density at radius 3 is 2.62 bits per heavy atom. The zero-order valence-corrected chi connectivity index (χ0v) is 9.30. The molecule has 1 aromatic heterocycles. The van der Waals surface area contributed by atoms with Crippen molar-refractivity contribution in [1.82, 2.24) is 4.98 Å². The van der Waals surface area contributed by atoms with Gasteiger partial charge >= 0.3 is 0 Å². The van der Waals surface area contributed by atoms with Crippen molar-refractivity contribution >= 4 is 39.1 Å². The Morgan fingerprint density at radius 2 is 2.15 bits per heavy atom. The van der Waals surface area contributed by atoms with Crippen molar-refractivity contribution < 1.29 is 8.78 Å². The zero-order chi connectivity index (χ0) is 10.0. The molecule has 0 bridgehead atoms. The van der Waals surface area contributed by atoms with Gasteiger partial charge in [0.2, 0.25) is 0 Å². The van der Waals surface area contributed by atoms with Crippen molar-refractivity contribution in [3.63, 3.8) is 0 Å². The lowest BCUT2D eigenvalue weighted by molar-refractivity contribution is 0.145. The molecule has 72 valence electrons. The fourth-order valence-corrected chi connectivity index (χ4v) is 1.51. The molecule has 1 heterocycles. The summed E-state index contributed by atoms with van der Waals surface area (Å²) in [5.74, 6) is -0.0281. The van der Waals surface area contributed by atoms with Crippen LogP contribution in [-0.4, -0.2) is 4.98 Å². The summed E-state index contributed by atoms with van der Waals surface area (Å²) in [5.41, 5.74) is -0.0730. The number of hydrogen-bond donors (Lipinski definition) is 0. The van der Waals surface area contributed by atoms with E-state index < -0.39 is 6.43 Å². The van der Waals surface area contributed by atoms with Gasteiger partial charge in [-0.2, -0.15) is 0 Å². The maximum Gasteiger partial charge on any atom is 0.280 e. The van der Waals surface area contributed by atoms with Crippen LogP contribution >= 0.6 is 39.1 Å². The molecule has 1 rings (SSSR count). The third-order valence-electron chi connectivity index (χ3n) is 1.40. The van der Waals surface area contributed by atoms with Crippen molar-refractivity contribution in [3.8, 4) is 0 Å². The maximum atomic E-state index is 12.3. The molecule has 0 saturated carbocycles. The minimum absolute atomic E-state index is 0.0281. The van der Waals surface area contributed by atoms with Crippen molar-refractivity contribution in [2.24, 2.45) is 0 Å². The minimum Gasteiger partial charge on any atom is -0.238 e. The highest BCUT2D eigenvalue weighted by Crippen LogP contribution is 2.29. The molecule has 0 aliphatic heterocycles. The van der Waals surface area contributed by atoms with Crippen molar-refractivity contribution in [2.75, 3.05) is 0 Å². The molecule has 0 radical (unpaired) electrons. The first-order valence-electron chi connectivity index (χ1n) is 3.25. The van der Waals surface area contributed by atoms with Crippen LogP contribution in [0, 0.1) is 0 Å². The van der Waals surface area contributed by atoms with Gasteiger partial charge in [0, 0.05) is 5.88 Å². The largest absolute Gasteiger partial charge is 0.280 e. The number of rotatable bonds is 2. The first-order valence-corrected chi connectivity index (χ1v) is 4.95. The molecule has 0 fully saturated rings. The number of nitrogens with zero attached hydrogens (tertiary/aromatic N) is 1. The monoisotopic (exact) mass is 289 g/mol. The van der Waals surface area contributed by atoms with Gasteiger partial charge < -0.3 is 0 Å². The molecule has 0 amide bonds. The quantitative estimate of drug-likeness (QED) is 0.588. The van der Waals surface area contributed by atoms with Gasteiger partial charge in [0.1, 0.15) is 10.3 Å². The molecule has 0 N–H and O–H groups in total. The number of pyridine rings is 1. The molecule has 0 spiro atoms. The lowest BCUT2D eigenvalue weighted by Crippen LogP contribution is -1.97. The Bertz CT molecular complexity index is 320. The summed E-state index contributed by atoms with van der Waals surface area (Å²) in [6.07, 6.45) is -2.64. The molecule has 0 atom stereocenters. The van der Waals surface area contributed by atoms with E-state index in [1.807, 2.05) is 0 Å². The Hall–Kier alpha value is 0.0700. The van der Waals surface area contributed by atoms with E-state index >= 15 is 0 Å². The summed E-state index contributed by atoms with van der Waals surface area (Å²) in [6.45, 7) is 0. The van der Waals surface area contributed by atoms with E-state index in [4.69, 9.17) is 23.2 Å². The van der Waals surface area contributed by atoms with Crippen LogP contribution in [0.2, 0.25) is 5.02 Å². The lowest BCUT2D eigenvalue weighted by atomic mass is 10.2. The van der Waals surface area contributed by atoms with Crippen LogP contribution in [-0.2, 0) is 5.88 Å². The van der Waals surface area contributed by atoms with Crippen LogP contribution in [0.3, 0.4) is 0 Å². The molecule has 0 aromatic carbocycles. The number of hydrogen-bond acceptors (Lipinski definition) is 1. The average Bonchev–Trinajstić information content (AvgIpc) is 2.08. The number of halogens is 5. The number of alkyl halides is 3. The third kappa shape index (κ3) is 2.51. The molecule has 0 aliphatic rings. The molecule has 1 aromatic rings. The van der Waals surface area contributed by atoms with Gasteiger partial charge in [0.15, 0.2) is 0 Å². The summed E-state index contributed by atoms with van der Waals surface area (Å²) in [6, 6.07) is 1.38. The fourth-order valence-electron chi connectivity index (χ4n) is 0.813. The van der Waals surface area contributed by atoms with Crippen LogP contribution in [0.4, 0.5) is 8.78 Å². The van der Waals surface area contributed by atoms with Gasteiger partial charge in [-0.05, 0) is 27.6 Å². The van der Waals surface area contributed by atoms with E-state index in [2.05, 4.69) is 20.9 Å². The topological polar surface area (TPSA) is 12.9 Å². The van der Waals surface area contributed by atoms with Gasteiger partial charge in [-0.15, -0.1) is 11.6 Å². The molecule has 13 heavy (non-hydrogen) atoms. The first-order chi connectivity index (χ1) is 6.06. The van der Waals surface area contributed by atoms with E-state index in [-0.39, 0.29) is 26.8 Å². The molecular weight excluding hydrogens is 287 g/mol. The van der Waals surface area contributed by atoms with Crippen molar-refractivity contribution in [3.05, 3.63) is 26.9 Å². The average molecular weight is 291 g/mol. The summed E-state index contributed by atoms with van der Waals surface area (Å²) in [5, 5.41) is 0.278. The summed E-state index contributed by atoms with van der Waals surface area (Å²) in [4.78, 5) is 3.59. The first kappa shape index (κ1) is 11.1. The Morgan fingerprint density at radius 1 is 1.54 bits per heavy atom. The maximum absolute atomic E-state index is 12.3. The summed E-state index contributed by atoms with van der Waals surface area (Å²) >= 11 is 14.1. The third-order valence-corrected chi connectivity index (χ3v) is 2.81. The van der Waals surface area contributed by atoms with E-state index in [1.54, 1.807) is 0 Å². The second-order valence-electron chi connectivity index (χ2n) is 2.24.